The first-order chi connectivity index (χ1) is 6.77. The summed E-state index contributed by atoms with van der Waals surface area (Å²) in [7, 11) is 1.97. The number of nitrogens with one attached hydrogen (secondary N) is 1. The Bertz CT molecular complexity index is 306. The van der Waals surface area contributed by atoms with Gasteiger partial charge < -0.3 is 10.1 Å². The number of hydrogen-bond donors (Lipinski definition) is 1. The second-order valence-corrected chi connectivity index (χ2v) is 4.25. The Morgan fingerprint density at radius 1 is 1.36 bits per heavy atom. The first kappa shape index (κ1) is 9.97. The van der Waals surface area contributed by atoms with Gasteiger partial charge in [-0.2, -0.15) is 0 Å². The van der Waals surface area contributed by atoms with Gasteiger partial charge in [-0.25, -0.2) is 0 Å². The lowest BCUT2D eigenvalue weighted by Gasteiger charge is -2.42. The number of halogens is 1. The van der Waals surface area contributed by atoms with E-state index in [1.807, 2.05) is 19.2 Å². The number of likely N-dealkylation sites (N-methyl/N-ethyl adjacent to an activating group) is 1. The third-order valence-corrected chi connectivity index (χ3v) is 2.98. The van der Waals surface area contributed by atoms with Gasteiger partial charge in [0.05, 0.1) is 18.6 Å². The summed E-state index contributed by atoms with van der Waals surface area (Å²) in [4.78, 5) is 0. The van der Waals surface area contributed by atoms with Crippen LogP contribution in [0.4, 0.5) is 0 Å². The van der Waals surface area contributed by atoms with Gasteiger partial charge in [-0.1, -0.05) is 23.7 Å². The Hall–Kier alpha value is -0.570. The van der Waals surface area contributed by atoms with Gasteiger partial charge in [-0.15, -0.1) is 0 Å². The van der Waals surface area contributed by atoms with Crippen molar-refractivity contribution in [2.45, 2.75) is 5.41 Å². The lowest BCUT2D eigenvalue weighted by Crippen LogP contribution is -2.52. The van der Waals surface area contributed by atoms with Gasteiger partial charge in [0.1, 0.15) is 0 Å². The summed E-state index contributed by atoms with van der Waals surface area (Å²) < 4.78 is 5.30. The van der Waals surface area contributed by atoms with Crippen LogP contribution in [0.25, 0.3) is 0 Å². The first-order valence-corrected chi connectivity index (χ1v) is 5.13. The van der Waals surface area contributed by atoms with Crippen LogP contribution in [0.15, 0.2) is 24.3 Å². The van der Waals surface area contributed by atoms with Crippen LogP contribution in [0.2, 0.25) is 5.02 Å². The molecule has 0 saturated carbocycles. The van der Waals surface area contributed by atoms with Crippen LogP contribution in [0.1, 0.15) is 5.56 Å². The predicted octanol–water partition coefficient (Wildman–Crippen LogP) is 1.83. The fourth-order valence-corrected chi connectivity index (χ4v) is 1.99. The number of rotatable bonds is 3. The number of hydrogen-bond acceptors (Lipinski definition) is 2. The van der Waals surface area contributed by atoms with Gasteiger partial charge in [-0.05, 0) is 24.7 Å². The van der Waals surface area contributed by atoms with E-state index in [4.69, 9.17) is 16.3 Å². The monoisotopic (exact) mass is 211 g/mol. The van der Waals surface area contributed by atoms with Gasteiger partial charge in [0.15, 0.2) is 0 Å². The van der Waals surface area contributed by atoms with Crippen LogP contribution < -0.4 is 5.32 Å². The molecule has 2 rings (SSSR count). The van der Waals surface area contributed by atoms with Crippen molar-refractivity contribution in [3.05, 3.63) is 34.9 Å². The zero-order chi connectivity index (χ0) is 10.0. The molecule has 1 aliphatic heterocycles. The van der Waals surface area contributed by atoms with E-state index in [1.165, 1.54) is 5.56 Å². The van der Waals surface area contributed by atoms with Crippen molar-refractivity contribution in [1.29, 1.82) is 0 Å². The van der Waals surface area contributed by atoms with Crippen LogP contribution in [0.5, 0.6) is 0 Å². The average molecular weight is 212 g/mol. The summed E-state index contributed by atoms with van der Waals surface area (Å²) in [5, 5.41) is 4.00. The highest BCUT2D eigenvalue weighted by atomic mass is 35.5. The molecule has 1 aromatic rings. The molecule has 1 saturated heterocycles. The van der Waals surface area contributed by atoms with Gasteiger partial charge in [0, 0.05) is 11.6 Å². The van der Waals surface area contributed by atoms with Gasteiger partial charge in [0.25, 0.3) is 0 Å². The molecule has 1 aliphatic rings. The zero-order valence-corrected chi connectivity index (χ0v) is 8.97. The molecule has 76 valence electrons. The molecule has 1 aromatic carbocycles. The molecule has 0 unspecified atom stereocenters. The Balaban J connectivity index is 2.23. The highest BCUT2D eigenvalue weighted by molar-refractivity contribution is 6.30. The normalized spacial score (nSPS) is 19.0. The van der Waals surface area contributed by atoms with Crippen molar-refractivity contribution in [3.8, 4) is 0 Å². The molecule has 1 fully saturated rings. The van der Waals surface area contributed by atoms with Crippen molar-refractivity contribution in [3.63, 3.8) is 0 Å². The Morgan fingerprint density at radius 3 is 2.43 bits per heavy atom. The van der Waals surface area contributed by atoms with E-state index < -0.39 is 0 Å². The fourth-order valence-electron chi connectivity index (χ4n) is 1.86. The second kappa shape index (κ2) is 3.89. The van der Waals surface area contributed by atoms with E-state index in [-0.39, 0.29) is 5.41 Å². The Labute approximate surface area is 89.2 Å². The summed E-state index contributed by atoms with van der Waals surface area (Å²) >= 11 is 5.85. The van der Waals surface area contributed by atoms with Crippen molar-refractivity contribution in [2.75, 3.05) is 26.8 Å². The minimum Gasteiger partial charge on any atom is -0.379 e. The minimum absolute atomic E-state index is 0.166. The summed E-state index contributed by atoms with van der Waals surface area (Å²) in [6.45, 7) is 2.56. The van der Waals surface area contributed by atoms with E-state index in [1.54, 1.807) is 0 Å². The molecular formula is C11H14ClNO. The summed E-state index contributed by atoms with van der Waals surface area (Å²) in [5.41, 5.74) is 1.47. The third kappa shape index (κ3) is 1.65. The zero-order valence-electron chi connectivity index (χ0n) is 8.22. The topological polar surface area (TPSA) is 21.3 Å². The van der Waals surface area contributed by atoms with Crippen LogP contribution in [-0.4, -0.2) is 26.8 Å². The van der Waals surface area contributed by atoms with Crippen molar-refractivity contribution >= 4 is 11.6 Å². The summed E-state index contributed by atoms with van der Waals surface area (Å²) in [5.74, 6) is 0. The molecule has 0 bridgehead atoms. The number of benzene rings is 1. The molecule has 0 spiro atoms. The largest absolute Gasteiger partial charge is 0.379 e. The molecule has 0 aromatic heterocycles. The average Bonchev–Trinajstić information content (AvgIpc) is 2.13. The van der Waals surface area contributed by atoms with E-state index in [0.29, 0.717) is 0 Å². The first-order valence-electron chi connectivity index (χ1n) is 4.75. The molecule has 1 heterocycles. The summed E-state index contributed by atoms with van der Waals surface area (Å²) in [6.07, 6.45) is 0. The van der Waals surface area contributed by atoms with Crippen molar-refractivity contribution in [1.82, 2.24) is 5.32 Å². The van der Waals surface area contributed by atoms with E-state index in [9.17, 15) is 0 Å². The molecular weight excluding hydrogens is 198 g/mol. The van der Waals surface area contributed by atoms with E-state index in [0.717, 1.165) is 24.8 Å². The minimum atomic E-state index is 0.166. The molecule has 0 amide bonds. The predicted molar refractivity (Wildman–Crippen MR) is 57.9 cm³/mol. The maximum absolute atomic E-state index is 5.85. The molecule has 14 heavy (non-hydrogen) atoms. The van der Waals surface area contributed by atoms with Crippen LogP contribution in [0.3, 0.4) is 0 Å². The van der Waals surface area contributed by atoms with Crippen LogP contribution in [0, 0.1) is 0 Å². The van der Waals surface area contributed by atoms with Crippen LogP contribution in [-0.2, 0) is 10.2 Å². The maximum Gasteiger partial charge on any atom is 0.0598 e. The second-order valence-electron chi connectivity index (χ2n) is 3.81. The lowest BCUT2D eigenvalue weighted by molar-refractivity contribution is -0.0582. The van der Waals surface area contributed by atoms with Gasteiger partial charge >= 0.3 is 0 Å². The Kier molecular flexibility index (Phi) is 2.77. The molecule has 0 radical (unpaired) electrons. The lowest BCUT2D eigenvalue weighted by atomic mass is 9.78. The van der Waals surface area contributed by atoms with Crippen LogP contribution >= 0.6 is 11.6 Å². The smallest absolute Gasteiger partial charge is 0.0598 e. The highest BCUT2D eigenvalue weighted by Crippen LogP contribution is 2.32. The molecule has 3 heteroatoms. The van der Waals surface area contributed by atoms with E-state index in [2.05, 4.69) is 17.4 Å². The number of ether oxygens (including phenoxy) is 1. The highest BCUT2D eigenvalue weighted by Gasteiger charge is 2.39. The van der Waals surface area contributed by atoms with Crippen molar-refractivity contribution in [2.24, 2.45) is 0 Å². The third-order valence-electron chi connectivity index (χ3n) is 2.73. The SMILES string of the molecule is CNCC1(c2ccc(Cl)cc2)COC1. The molecule has 2 nitrogen and oxygen atoms in total. The summed E-state index contributed by atoms with van der Waals surface area (Å²) in [6, 6.07) is 8.05. The van der Waals surface area contributed by atoms with E-state index >= 15 is 0 Å². The van der Waals surface area contributed by atoms with Gasteiger partial charge in [0.2, 0.25) is 0 Å². The molecule has 1 N–H and O–H groups in total. The Morgan fingerprint density at radius 2 is 2.00 bits per heavy atom. The standard InChI is InChI=1S/C11H14ClNO/c1-13-6-11(7-14-8-11)9-2-4-10(12)5-3-9/h2-5,13H,6-8H2,1H3. The quantitative estimate of drug-likeness (QED) is 0.824. The van der Waals surface area contributed by atoms with Crippen molar-refractivity contribution < 1.29 is 4.74 Å². The fraction of sp³-hybridized carbons (Fsp3) is 0.455. The molecule has 0 aliphatic carbocycles. The maximum atomic E-state index is 5.85. The van der Waals surface area contributed by atoms with Gasteiger partial charge in [-0.3, -0.25) is 0 Å². The molecule has 0 atom stereocenters.